The lowest BCUT2D eigenvalue weighted by Gasteiger charge is -2.25. The smallest absolute Gasteiger partial charge is 0.157 e. The Balaban J connectivity index is 1.84. The summed E-state index contributed by atoms with van der Waals surface area (Å²) in [6.07, 6.45) is 0. The van der Waals surface area contributed by atoms with Gasteiger partial charge in [-0.15, -0.1) is 0 Å². The maximum atomic E-state index is 6.45. The number of imidazole rings is 1. The molecule has 160 valence electrons. The molecule has 0 atom stereocenters. The third-order valence-electron chi connectivity index (χ3n) is 5.53. The molecule has 4 aromatic rings. The number of nitrogen functional groups attached to an aromatic ring is 1. The lowest BCUT2D eigenvalue weighted by atomic mass is 10.1. The van der Waals surface area contributed by atoms with Crippen LogP contribution in [0.5, 0.6) is 0 Å². The fourth-order valence-corrected chi connectivity index (χ4v) is 3.79. The molecule has 0 saturated carbocycles. The van der Waals surface area contributed by atoms with Gasteiger partial charge in [0.1, 0.15) is 12.1 Å². The Labute approximate surface area is 183 Å². The summed E-state index contributed by atoms with van der Waals surface area (Å²) in [5, 5.41) is 0. The van der Waals surface area contributed by atoms with Gasteiger partial charge in [-0.3, -0.25) is 0 Å². The standard InChI is InChI=1S/C25H29N5O/c1-4-31-17-22-28-23-24(30(22)26)18(2)19(3)27-25(23)29(15-20-11-7-5-8-12-20)16-21-13-9-6-10-14-21/h5-14H,4,15-17,26H2,1-3H3. The summed E-state index contributed by atoms with van der Waals surface area (Å²) in [5.41, 5.74) is 6.14. The number of anilines is 1. The van der Waals surface area contributed by atoms with Gasteiger partial charge in [0.05, 0.1) is 5.52 Å². The molecule has 0 aliphatic rings. The maximum absolute atomic E-state index is 6.45. The highest BCUT2D eigenvalue weighted by molar-refractivity contribution is 5.90. The molecule has 0 fully saturated rings. The zero-order valence-corrected chi connectivity index (χ0v) is 18.4. The summed E-state index contributed by atoms with van der Waals surface area (Å²) >= 11 is 0. The molecule has 0 aliphatic carbocycles. The molecule has 0 unspecified atom stereocenters. The van der Waals surface area contributed by atoms with E-state index in [9.17, 15) is 0 Å². The largest absolute Gasteiger partial charge is 0.374 e. The Morgan fingerprint density at radius 3 is 2.03 bits per heavy atom. The molecule has 0 spiro atoms. The van der Waals surface area contributed by atoms with Crippen molar-refractivity contribution in [2.24, 2.45) is 0 Å². The first-order valence-electron chi connectivity index (χ1n) is 10.6. The average molecular weight is 416 g/mol. The van der Waals surface area contributed by atoms with Gasteiger partial charge in [-0.1, -0.05) is 60.7 Å². The normalized spacial score (nSPS) is 11.2. The summed E-state index contributed by atoms with van der Waals surface area (Å²) in [4.78, 5) is 12.1. The van der Waals surface area contributed by atoms with Crippen molar-refractivity contribution in [2.45, 2.75) is 40.5 Å². The van der Waals surface area contributed by atoms with Gasteiger partial charge >= 0.3 is 0 Å². The van der Waals surface area contributed by atoms with E-state index in [-0.39, 0.29) is 0 Å². The Kier molecular flexibility index (Phi) is 6.18. The molecule has 2 aromatic carbocycles. The second kappa shape index (κ2) is 9.18. The van der Waals surface area contributed by atoms with Gasteiger partial charge in [-0.05, 0) is 37.5 Å². The van der Waals surface area contributed by atoms with Crippen LogP contribution in [0.3, 0.4) is 0 Å². The van der Waals surface area contributed by atoms with Gasteiger partial charge < -0.3 is 15.5 Å². The van der Waals surface area contributed by atoms with Crippen molar-refractivity contribution in [2.75, 3.05) is 17.3 Å². The van der Waals surface area contributed by atoms with E-state index in [0.717, 1.165) is 41.2 Å². The topological polar surface area (TPSA) is 69.2 Å². The van der Waals surface area contributed by atoms with Crippen LogP contribution in [-0.2, 0) is 24.4 Å². The number of rotatable bonds is 8. The third-order valence-corrected chi connectivity index (χ3v) is 5.53. The van der Waals surface area contributed by atoms with Crippen molar-refractivity contribution < 1.29 is 4.74 Å². The molecule has 0 amide bonds. The minimum atomic E-state index is 0.372. The molecule has 6 nitrogen and oxygen atoms in total. The van der Waals surface area contributed by atoms with Crippen LogP contribution in [0.1, 0.15) is 35.1 Å². The van der Waals surface area contributed by atoms with Crippen molar-refractivity contribution in [3.63, 3.8) is 0 Å². The van der Waals surface area contributed by atoms with Crippen molar-refractivity contribution in [3.8, 4) is 0 Å². The van der Waals surface area contributed by atoms with Gasteiger partial charge in [0.2, 0.25) is 0 Å². The summed E-state index contributed by atoms with van der Waals surface area (Å²) in [6.45, 7) is 8.46. The van der Waals surface area contributed by atoms with E-state index in [4.69, 9.17) is 20.5 Å². The van der Waals surface area contributed by atoms with Crippen LogP contribution in [0.2, 0.25) is 0 Å². The summed E-state index contributed by atoms with van der Waals surface area (Å²) < 4.78 is 7.25. The highest BCUT2D eigenvalue weighted by Crippen LogP contribution is 2.31. The first kappa shape index (κ1) is 20.9. The second-order valence-electron chi connectivity index (χ2n) is 7.71. The quantitative estimate of drug-likeness (QED) is 0.429. The van der Waals surface area contributed by atoms with Crippen LogP contribution in [0, 0.1) is 13.8 Å². The molecule has 2 heterocycles. The SMILES string of the molecule is CCOCc1nc2c(N(Cc3ccccc3)Cc3ccccc3)nc(C)c(C)c2n1N. The number of hydrogen-bond acceptors (Lipinski definition) is 5. The fourth-order valence-electron chi connectivity index (χ4n) is 3.79. The summed E-state index contributed by atoms with van der Waals surface area (Å²) in [5.74, 6) is 7.99. The molecule has 2 aromatic heterocycles. The van der Waals surface area contributed by atoms with E-state index >= 15 is 0 Å². The number of pyridine rings is 1. The number of nitrogens with two attached hydrogens (primary N) is 1. The lowest BCUT2D eigenvalue weighted by molar-refractivity contribution is 0.127. The minimum Gasteiger partial charge on any atom is -0.374 e. The average Bonchev–Trinajstić information content (AvgIpc) is 3.12. The summed E-state index contributed by atoms with van der Waals surface area (Å²) in [6, 6.07) is 20.9. The van der Waals surface area contributed by atoms with E-state index < -0.39 is 0 Å². The van der Waals surface area contributed by atoms with Crippen LogP contribution in [0.25, 0.3) is 11.0 Å². The van der Waals surface area contributed by atoms with Gasteiger partial charge in [0.15, 0.2) is 11.6 Å². The van der Waals surface area contributed by atoms with Crippen molar-refractivity contribution in [1.29, 1.82) is 0 Å². The Morgan fingerprint density at radius 1 is 0.903 bits per heavy atom. The van der Waals surface area contributed by atoms with Crippen LogP contribution in [0.4, 0.5) is 5.82 Å². The van der Waals surface area contributed by atoms with Crippen LogP contribution < -0.4 is 10.7 Å². The molecule has 0 aliphatic heterocycles. The van der Waals surface area contributed by atoms with Gasteiger partial charge in [0, 0.05) is 25.4 Å². The number of ether oxygens (including phenoxy) is 1. The summed E-state index contributed by atoms with van der Waals surface area (Å²) in [7, 11) is 0. The second-order valence-corrected chi connectivity index (χ2v) is 7.71. The maximum Gasteiger partial charge on any atom is 0.157 e. The zero-order valence-electron chi connectivity index (χ0n) is 18.4. The number of aromatic nitrogens is 3. The molecular weight excluding hydrogens is 386 g/mol. The van der Waals surface area contributed by atoms with E-state index in [0.29, 0.717) is 19.0 Å². The van der Waals surface area contributed by atoms with E-state index in [1.54, 1.807) is 4.68 Å². The predicted octanol–water partition coefficient (Wildman–Crippen LogP) is 4.51. The highest BCUT2D eigenvalue weighted by atomic mass is 16.5. The Morgan fingerprint density at radius 2 is 1.48 bits per heavy atom. The van der Waals surface area contributed by atoms with Crippen LogP contribution >= 0.6 is 0 Å². The van der Waals surface area contributed by atoms with Crippen LogP contribution in [0.15, 0.2) is 60.7 Å². The van der Waals surface area contributed by atoms with Crippen LogP contribution in [-0.4, -0.2) is 21.3 Å². The van der Waals surface area contributed by atoms with Gasteiger partial charge in [-0.25, -0.2) is 14.6 Å². The van der Waals surface area contributed by atoms with E-state index in [2.05, 4.69) is 53.4 Å². The molecule has 31 heavy (non-hydrogen) atoms. The predicted molar refractivity (Wildman–Crippen MR) is 125 cm³/mol. The monoisotopic (exact) mass is 415 g/mol. The molecule has 2 N–H and O–H groups in total. The Bertz CT molecular complexity index is 1110. The number of fused-ring (bicyclic) bond motifs is 1. The number of benzene rings is 2. The fraction of sp³-hybridized carbons (Fsp3) is 0.280. The zero-order chi connectivity index (χ0) is 21.8. The van der Waals surface area contributed by atoms with E-state index in [1.807, 2.05) is 32.9 Å². The highest BCUT2D eigenvalue weighted by Gasteiger charge is 2.22. The third kappa shape index (κ3) is 4.39. The molecule has 0 bridgehead atoms. The molecule has 4 rings (SSSR count). The molecule has 6 heteroatoms. The molecule has 0 saturated heterocycles. The van der Waals surface area contributed by atoms with Gasteiger partial charge in [0.25, 0.3) is 0 Å². The Hall–Kier alpha value is -3.38. The number of hydrogen-bond donors (Lipinski definition) is 1. The number of aryl methyl sites for hydroxylation is 2. The number of nitrogens with zero attached hydrogens (tertiary/aromatic N) is 4. The first-order chi connectivity index (χ1) is 15.1. The first-order valence-corrected chi connectivity index (χ1v) is 10.6. The van der Waals surface area contributed by atoms with E-state index in [1.165, 1.54) is 11.1 Å². The minimum absolute atomic E-state index is 0.372. The van der Waals surface area contributed by atoms with Gasteiger partial charge in [-0.2, -0.15) is 0 Å². The lowest BCUT2D eigenvalue weighted by Crippen LogP contribution is -2.24. The molecule has 0 radical (unpaired) electrons. The van der Waals surface area contributed by atoms with Crippen molar-refractivity contribution >= 4 is 16.9 Å². The van der Waals surface area contributed by atoms with Crippen molar-refractivity contribution in [1.82, 2.24) is 14.6 Å². The molecular formula is C25H29N5O. The van der Waals surface area contributed by atoms with Crippen molar-refractivity contribution in [3.05, 3.63) is 88.9 Å².